The standard InChI is InChI=1S/C9H10F3N3O2/c10-9(11,12)7-6(3-13-14-8(7)17)15-2-1-5(15)4-16/h3,5,16H,1-2,4H2,(H,14,17)/t5-/m0/s1. The molecule has 0 aromatic carbocycles. The third-order valence-corrected chi connectivity index (χ3v) is 2.78. The summed E-state index contributed by atoms with van der Waals surface area (Å²) in [6.07, 6.45) is -3.17. The molecule has 0 saturated carbocycles. The Bertz CT molecular complexity index is 469. The maximum Gasteiger partial charge on any atom is 0.423 e. The molecule has 17 heavy (non-hydrogen) atoms. The average molecular weight is 249 g/mol. The Labute approximate surface area is 93.9 Å². The number of hydrogen-bond acceptors (Lipinski definition) is 4. The van der Waals surface area contributed by atoms with Gasteiger partial charge in [-0.3, -0.25) is 4.79 Å². The molecule has 8 heteroatoms. The van der Waals surface area contributed by atoms with Gasteiger partial charge in [-0.25, -0.2) is 5.10 Å². The monoisotopic (exact) mass is 249 g/mol. The van der Waals surface area contributed by atoms with Gasteiger partial charge < -0.3 is 10.0 Å². The molecule has 1 aliphatic rings. The van der Waals surface area contributed by atoms with Crippen LogP contribution in [0.3, 0.4) is 0 Å². The Kier molecular flexibility index (Phi) is 2.82. The fourth-order valence-electron chi connectivity index (χ4n) is 1.83. The van der Waals surface area contributed by atoms with E-state index in [0.29, 0.717) is 13.0 Å². The molecule has 94 valence electrons. The second-order valence-corrected chi connectivity index (χ2v) is 3.78. The van der Waals surface area contributed by atoms with E-state index in [4.69, 9.17) is 5.11 Å². The van der Waals surface area contributed by atoms with Crippen LogP contribution < -0.4 is 10.5 Å². The number of H-pyrrole nitrogens is 1. The van der Waals surface area contributed by atoms with Crippen molar-refractivity contribution in [2.75, 3.05) is 18.1 Å². The highest BCUT2D eigenvalue weighted by atomic mass is 19.4. The number of aliphatic hydroxyl groups is 1. The Morgan fingerprint density at radius 3 is 2.76 bits per heavy atom. The minimum absolute atomic E-state index is 0.246. The van der Waals surface area contributed by atoms with E-state index >= 15 is 0 Å². The van der Waals surface area contributed by atoms with E-state index in [1.54, 1.807) is 5.10 Å². The maximum absolute atomic E-state index is 12.7. The van der Waals surface area contributed by atoms with Crippen LogP contribution in [0.25, 0.3) is 0 Å². The van der Waals surface area contributed by atoms with Crippen LogP contribution in [0.1, 0.15) is 12.0 Å². The minimum atomic E-state index is -4.73. The molecular weight excluding hydrogens is 239 g/mol. The van der Waals surface area contributed by atoms with E-state index in [9.17, 15) is 18.0 Å². The van der Waals surface area contributed by atoms with Crippen molar-refractivity contribution in [1.29, 1.82) is 0 Å². The summed E-state index contributed by atoms with van der Waals surface area (Å²) in [7, 11) is 0. The Hall–Kier alpha value is -1.57. The van der Waals surface area contributed by atoms with Crippen LogP contribution in [0, 0.1) is 0 Å². The Balaban J connectivity index is 2.48. The van der Waals surface area contributed by atoms with Crippen LogP contribution in [0.4, 0.5) is 18.9 Å². The molecule has 0 aliphatic carbocycles. The summed E-state index contributed by atoms with van der Waals surface area (Å²) >= 11 is 0. The summed E-state index contributed by atoms with van der Waals surface area (Å²) < 4.78 is 38.2. The molecule has 0 bridgehead atoms. The number of aliphatic hydroxyl groups excluding tert-OH is 1. The number of alkyl halides is 3. The zero-order valence-electron chi connectivity index (χ0n) is 8.66. The fraction of sp³-hybridized carbons (Fsp3) is 0.556. The van der Waals surface area contributed by atoms with E-state index in [2.05, 4.69) is 5.10 Å². The zero-order valence-corrected chi connectivity index (χ0v) is 8.66. The molecule has 0 spiro atoms. The minimum Gasteiger partial charge on any atom is -0.394 e. The van der Waals surface area contributed by atoms with Crippen LogP contribution in [0.15, 0.2) is 11.0 Å². The molecule has 2 N–H and O–H groups in total. The van der Waals surface area contributed by atoms with Crippen molar-refractivity contribution in [2.24, 2.45) is 0 Å². The average Bonchev–Trinajstić information content (AvgIpc) is 2.14. The third kappa shape index (κ3) is 1.99. The van der Waals surface area contributed by atoms with Gasteiger partial charge in [0.1, 0.15) is 5.56 Å². The second kappa shape index (κ2) is 4.02. The third-order valence-electron chi connectivity index (χ3n) is 2.78. The first-order valence-electron chi connectivity index (χ1n) is 4.97. The molecule has 1 atom stereocenters. The van der Waals surface area contributed by atoms with E-state index in [0.717, 1.165) is 6.20 Å². The van der Waals surface area contributed by atoms with E-state index in [-0.39, 0.29) is 18.3 Å². The second-order valence-electron chi connectivity index (χ2n) is 3.78. The highest BCUT2D eigenvalue weighted by Gasteiger charge is 2.41. The highest BCUT2D eigenvalue weighted by molar-refractivity contribution is 5.55. The van der Waals surface area contributed by atoms with E-state index in [1.165, 1.54) is 4.90 Å². The normalized spacial score (nSPS) is 20.2. The SMILES string of the molecule is O=c1[nH]ncc(N2CC[C@H]2CO)c1C(F)(F)F. The highest BCUT2D eigenvalue weighted by Crippen LogP contribution is 2.36. The molecule has 5 nitrogen and oxygen atoms in total. The Morgan fingerprint density at radius 2 is 2.29 bits per heavy atom. The van der Waals surface area contributed by atoms with Crippen molar-refractivity contribution in [3.05, 3.63) is 22.1 Å². The first-order valence-corrected chi connectivity index (χ1v) is 4.97. The van der Waals surface area contributed by atoms with Gasteiger partial charge in [0.15, 0.2) is 0 Å². The van der Waals surface area contributed by atoms with Crippen LogP contribution >= 0.6 is 0 Å². The maximum atomic E-state index is 12.7. The number of nitrogens with one attached hydrogen (secondary N) is 1. The molecule has 0 amide bonds. The lowest BCUT2D eigenvalue weighted by Crippen LogP contribution is -2.51. The van der Waals surface area contributed by atoms with E-state index in [1.807, 2.05) is 0 Å². The number of rotatable bonds is 2. The molecule has 1 fully saturated rings. The van der Waals surface area contributed by atoms with Crippen LogP contribution in [-0.2, 0) is 6.18 Å². The van der Waals surface area contributed by atoms with Crippen molar-refractivity contribution < 1.29 is 18.3 Å². The van der Waals surface area contributed by atoms with Gasteiger partial charge in [-0.1, -0.05) is 0 Å². The molecule has 0 radical (unpaired) electrons. The fourth-order valence-corrected chi connectivity index (χ4v) is 1.83. The summed E-state index contributed by atoms with van der Waals surface area (Å²) in [5, 5.41) is 14.1. The topological polar surface area (TPSA) is 69.2 Å². The molecule has 1 aromatic rings. The van der Waals surface area contributed by atoms with Gasteiger partial charge in [0.2, 0.25) is 0 Å². The van der Waals surface area contributed by atoms with Crippen molar-refractivity contribution in [2.45, 2.75) is 18.6 Å². The van der Waals surface area contributed by atoms with Crippen LogP contribution in [-0.4, -0.2) is 34.5 Å². The number of aromatic amines is 1. The summed E-state index contributed by atoms with van der Waals surface area (Å²) in [4.78, 5) is 12.5. The van der Waals surface area contributed by atoms with Gasteiger partial charge in [0.05, 0.1) is 24.5 Å². The quantitative estimate of drug-likeness (QED) is 0.794. The van der Waals surface area contributed by atoms with Gasteiger partial charge in [0.25, 0.3) is 5.56 Å². The number of aromatic nitrogens is 2. The van der Waals surface area contributed by atoms with Crippen molar-refractivity contribution in [3.8, 4) is 0 Å². The van der Waals surface area contributed by atoms with Gasteiger partial charge in [0, 0.05) is 6.54 Å². The molecular formula is C9H10F3N3O2. The molecule has 1 aromatic heterocycles. The predicted octanol–water partition coefficient (Wildman–Crippen LogP) is 0.360. The number of hydrogen-bond donors (Lipinski definition) is 2. The molecule has 0 unspecified atom stereocenters. The first-order chi connectivity index (χ1) is 7.95. The van der Waals surface area contributed by atoms with Gasteiger partial charge in [-0.05, 0) is 6.42 Å². The summed E-state index contributed by atoms with van der Waals surface area (Å²) in [5.74, 6) is 0. The first kappa shape index (κ1) is 11.9. The number of nitrogens with zero attached hydrogens (tertiary/aromatic N) is 2. The van der Waals surface area contributed by atoms with Gasteiger partial charge in [-0.15, -0.1) is 0 Å². The van der Waals surface area contributed by atoms with Crippen LogP contribution in [0.5, 0.6) is 0 Å². The summed E-state index contributed by atoms with van der Waals surface area (Å²) in [6.45, 7) is 0.129. The largest absolute Gasteiger partial charge is 0.423 e. The van der Waals surface area contributed by atoms with Gasteiger partial charge >= 0.3 is 6.18 Å². The van der Waals surface area contributed by atoms with Crippen LogP contribution in [0.2, 0.25) is 0 Å². The summed E-state index contributed by atoms with van der Waals surface area (Å²) in [5.41, 5.74) is -2.80. The predicted molar refractivity (Wildman–Crippen MR) is 52.7 cm³/mol. The van der Waals surface area contributed by atoms with Crippen molar-refractivity contribution in [3.63, 3.8) is 0 Å². The number of halogens is 3. The molecule has 1 saturated heterocycles. The zero-order chi connectivity index (χ0) is 12.6. The molecule has 1 aliphatic heterocycles. The lowest BCUT2D eigenvalue weighted by Gasteiger charge is -2.42. The Morgan fingerprint density at radius 1 is 1.59 bits per heavy atom. The van der Waals surface area contributed by atoms with Crippen molar-refractivity contribution in [1.82, 2.24) is 10.2 Å². The molecule has 2 heterocycles. The van der Waals surface area contributed by atoms with Crippen molar-refractivity contribution >= 4 is 5.69 Å². The summed E-state index contributed by atoms with van der Waals surface area (Å²) in [6, 6.07) is -0.375. The van der Waals surface area contributed by atoms with E-state index < -0.39 is 17.3 Å². The lowest BCUT2D eigenvalue weighted by atomic mass is 10.0. The molecule has 2 rings (SSSR count). The lowest BCUT2D eigenvalue weighted by molar-refractivity contribution is -0.138. The van der Waals surface area contributed by atoms with Gasteiger partial charge in [-0.2, -0.15) is 18.3 Å². The number of anilines is 1. The smallest absolute Gasteiger partial charge is 0.394 e.